The van der Waals surface area contributed by atoms with Crippen LogP contribution in [0.15, 0.2) is 54.6 Å². The first-order chi connectivity index (χ1) is 16.1. The maximum Gasteiger partial charge on any atom is 0.408 e. The number of hydrogen-bond acceptors (Lipinski definition) is 8. The number of esters is 1. The van der Waals surface area contributed by atoms with Crippen LogP contribution in [0, 0.1) is 0 Å². The molecule has 2 aromatic carbocycles. The summed E-state index contributed by atoms with van der Waals surface area (Å²) < 4.78 is 27.4. The van der Waals surface area contributed by atoms with Gasteiger partial charge in [-0.3, -0.25) is 4.57 Å². The molecule has 0 aliphatic rings. The second-order valence-electron chi connectivity index (χ2n) is 7.17. The van der Waals surface area contributed by atoms with E-state index in [9.17, 15) is 28.9 Å². The van der Waals surface area contributed by atoms with Gasteiger partial charge in [-0.15, -0.1) is 0 Å². The fourth-order valence-electron chi connectivity index (χ4n) is 2.85. The lowest BCUT2D eigenvalue weighted by molar-refractivity contribution is -0.143. The molecule has 0 aromatic heterocycles. The smallest absolute Gasteiger partial charge is 0.408 e. The molecule has 0 aliphatic carbocycles. The predicted octanol–water partition coefficient (Wildman–Crippen LogP) is 2.27. The van der Waals surface area contributed by atoms with Crippen LogP contribution in [-0.4, -0.2) is 59.1 Å². The molecule has 0 fully saturated rings. The van der Waals surface area contributed by atoms with E-state index in [1.54, 1.807) is 30.3 Å². The number of carbonyl (C=O) groups is 3. The Labute approximate surface area is 195 Å². The third-order valence-corrected chi connectivity index (χ3v) is 6.61. The Hall–Kier alpha value is -3.40. The molecule has 0 saturated carbocycles. The average molecular weight is 495 g/mol. The molecule has 4 N–H and O–H groups in total. The van der Waals surface area contributed by atoms with Gasteiger partial charge in [0.15, 0.2) is 12.5 Å². The van der Waals surface area contributed by atoms with Gasteiger partial charge in [0, 0.05) is 6.16 Å². The molecule has 0 radical (unpaired) electrons. The van der Waals surface area contributed by atoms with Crippen molar-refractivity contribution in [3.05, 3.63) is 65.7 Å². The molecule has 2 rings (SSSR count). The molecule has 0 bridgehead atoms. The summed E-state index contributed by atoms with van der Waals surface area (Å²) in [7, 11) is -3.14. The van der Waals surface area contributed by atoms with Gasteiger partial charge in [0.05, 0.1) is 7.11 Å². The Morgan fingerprint density at radius 3 is 2.29 bits per heavy atom. The van der Waals surface area contributed by atoms with Crippen molar-refractivity contribution in [2.45, 2.75) is 24.9 Å². The topological polar surface area (TPSA) is 169 Å². The lowest BCUT2D eigenvalue weighted by Gasteiger charge is -2.22. The molecule has 11 nitrogen and oxygen atoms in total. The summed E-state index contributed by atoms with van der Waals surface area (Å²) in [5.74, 6) is -3.58. The highest BCUT2D eigenvalue weighted by Crippen LogP contribution is 2.54. The van der Waals surface area contributed by atoms with E-state index >= 15 is 0 Å². The van der Waals surface area contributed by atoms with Crippen molar-refractivity contribution in [1.29, 1.82) is 0 Å². The lowest BCUT2D eigenvalue weighted by Crippen LogP contribution is -2.42. The van der Waals surface area contributed by atoms with E-state index < -0.39 is 50.1 Å². The summed E-state index contributed by atoms with van der Waals surface area (Å²) in [5, 5.41) is 21.3. The van der Waals surface area contributed by atoms with E-state index in [0.717, 1.165) is 12.7 Å². The minimum atomic E-state index is -4.24. The number of hydrogen-bond donors (Lipinski definition) is 4. The molecule has 3 atom stereocenters. The second kappa shape index (κ2) is 12.7. The number of nitrogens with one attached hydrogen (secondary N) is 1. The third kappa shape index (κ3) is 8.51. The molecule has 2 aromatic rings. The number of benzene rings is 2. The van der Waals surface area contributed by atoms with Crippen molar-refractivity contribution in [2.24, 2.45) is 0 Å². The Morgan fingerprint density at radius 2 is 1.71 bits per heavy atom. The van der Waals surface area contributed by atoms with Crippen molar-refractivity contribution >= 4 is 25.4 Å². The van der Waals surface area contributed by atoms with E-state index in [4.69, 9.17) is 14.6 Å². The summed E-state index contributed by atoms with van der Waals surface area (Å²) in [6, 6.07) is 12.9. The van der Waals surface area contributed by atoms with Gasteiger partial charge < -0.3 is 34.6 Å². The Morgan fingerprint density at radius 1 is 1.06 bits per heavy atom. The molecule has 12 heteroatoms. The summed E-state index contributed by atoms with van der Waals surface area (Å²) in [5.41, 5.74) is 0.827. The van der Waals surface area contributed by atoms with Crippen LogP contribution in [0.4, 0.5) is 4.79 Å². The first kappa shape index (κ1) is 26.8. The standard InChI is InChI=1S/C22H26NO10P/c1-31-20(26)18(23-22(28)33-13-15-5-3-2-4-6-15)11-12-34(29,30)21(27)16-7-9-17(10-8-16)32-14-19(24)25/h2-10,18,21,27H,11-14H2,1H3,(H,23,28)(H,24,25)(H,29,30)/t18-,21?/m0/s1. The van der Waals surface area contributed by atoms with Gasteiger partial charge in [0.25, 0.3) is 0 Å². The fourth-order valence-corrected chi connectivity index (χ4v) is 4.36. The van der Waals surface area contributed by atoms with E-state index in [-0.39, 0.29) is 24.3 Å². The van der Waals surface area contributed by atoms with Crippen molar-refractivity contribution in [1.82, 2.24) is 5.32 Å². The Bertz CT molecular complexity index is 1010. The number of amides is 1. The number of aliphatic carboxylic acids is 1. The van der Waals surface area contributed by atoms with Crippen molar-refractivity contribution in [3.8, 4) is 5.75 Å². The normalized spacial score (nSPS) is 14.2. The third-order valence-electron chi connectivity index (χ3n) is 4.65. The number of aliphatic hydroxyl groups excluding tert-OH is 1. The molecule has 0 saturated heterocycles. The molecule has 34 heavy (non-hydrogen) atoms. The van der Waals surface area contributed by atoms with Crippen LogP contribution in [0.25, 0.3) is 0 Å². The quantitative estimate of drug-likeness (QED) is 0.253. The summed E-state index contributed by atoms with van der Waals surface area (Å²) in [6.45, 7) is -0.597. The Balaban J connectivity index is 1.95. The van der Waals surface area contributed by atoms with Crippen LogP contribution >= 0.6 is 7.37 Å². The van der Waals surface area contributed by atoms with Crippen LogP contribution in [0.5, 0.6) is 5.75 Å². The van der Waals surface area contributed by atoms with E-state index in [2.05, 4.69) is 10.1 Å². The first-order valence-electron chi connectivity index (χ1n) is 10.1. The number of aliphatic hydroxyl groups is 1. The minimum absolute atomic E-state index is 0.0378. The highest BCUT2D eigenvalue weighted by atomic mass is 31.2. The van der Waals surface area contributed by atoms with Gasteiger partial charge in [-0.25, -0.2) is 14.4 Å². The largest absolute Gasteiger partial charge is 0.482 e. The number of carboxylic acid groups (broad SMARTS) is 1. The van der Waals surface area contributed by atoms with Gasteiger partial charge in [-0.2, -0.15) is 0 Å². The molecule has 0 heterocycles. The molecule has 0 spiro atoms. The van der Waals surface area contributed by atoms with Crippen LogP contribution in [0.1, 0.15) is 23.4 Å². The first-order valence-corrected chi connectivity index (χ1v) is 12.0. The van der Waals surface area contributed by atoms with Crippen molar-refractivity contribution in [2.75, 3.05) is 19.9 Å². The van der Waals surface area contributed by atoms with E-state index in [1.807, 2.05) is 0 Å². The number of carboxylic acids is 1. The molecular weight excluding hydrogens is 469 g/mol. The van der Waals surface area contributed by atoms with Crippen LogP contribution in [0.3, 0.4) is 0 Å². The highest BCUT2D eigenvalue weighted by Gasteiger charge is 2.33. The van der Waals surface area contributed by atoms with Crippen molar-refractivity contribution in [3.63, 3.8) is 0 Å². The fraction of sp³-hybridized carbons (Fsp3) is 0.318. The van der Waals surface area contributed by atoms with Crippen LogP contribution in [-0.2, 0) is 30.2 Å². The molecule has 0 aliphatic heterocycles. The summed E-state index contributed by atoms with van der Waals surface area (Å²) >= 11 is 0. The van der Waals surface area contributed by atoms with Gasteiger partial charge >= 0.3 is 18.0 Å². The molecule has 1 amide bonds. The van der Waals surface area contributed by atoms with Gasteiger partial charge in [-0.05, 0) is 29.7 Å². The molecular formula is C22H26NO10P. The predicted molar refractivity (Wildman–Crippen MR) is 119 cm³/mol. The number of ether oxygens (including phenoxy) is 3. The zero-order valence-electron chi connectivity index (χ0n) is 18.3. The zero-order valence-corrected chi connectivity index (χ0v) is 19.2. The van der Waals surface area contributed by atoms with Crippen molar-refractivity contribution < 1.29 is 48.3 Å². The average Bonchev–Trinajstić information content (AvgIpc) is 2.84. The Kier molecular flexibility index (Phi) is 10.1. The summed E-state index contributed by atoms with van der Waals surface area (Å²) in [6.07, 6.45) is -1.72. The highest BCUT2D eigenvalue weighted by molar-refractivity contribution is 7.58. The van der Waals surface area contributed by atoms with Crippen LogP contribution < -0.4 is 10.1 Å². The monoisotopic (exact) mass is 495 g/mol. The maximum atomic E-state index is 12.7. The minimum Gasteiger partial charge on any atom is -0.482 e. The maximum absolute atomic E-state index is 12.7. The van der Waals surface area contributed by atoms with Crippen LogP contribution in [0.2, 0.25) is 0 Å². The molecule has 184 valence electrons. The SMILES string of the molecule is COC(=O)[C@H](CCP(=O)(O)C(O)c1ccc(OCC(=O)O)cc1)NC(=O)OCc1ccccc1. The van der Waals surface area contributed by atoms with Gasteiger partial charge in [0.2, 0.25) is 7.37 Å². The lowest BCUT2D eigenvalue weighted by atomic mass is 10.2. The zero-order chi connectivity index (χ0) is 25.1. The molecule has 2 unspecified atom stereocenters. The van der Waals surface area contributed by atoms with Gasteiger partial charge in [0.1, 0.15) is 18.4 Å². The van der Waals surface area contributed by atoms with Gasteiger partial charge in [-0.1, -0.05) is 42.5 Å². The number of rotatable bonds is 12. The second-order valence-corrected chi connectivity index (χ2v) is 9.62. The number of alkyl carbamates (subject to hydrolysis) is 1. The van der Waals surface area contributed by atoms with E-state index in [0.29, 0.717) is 0 Å². The van der Waals surface area contributed by atoms with E-state index in [1.165, 1.54) is 24.3 Å². The number of methoxy groups -OCH3 is 1. The summed E-state index contributed by atoms with van der Waals surface area (Å²) in [4.78, 5) is 45.0. The number of carbonyl (C=O) groups excluding carboxylic acids is 2.